The number of carboxylic acids is 1. The van der Waals surface area contributed by atoms with Gasteiger partial charge in [0.25, 0.3) is 0 Å². The highest BCUT2D eigenvalue weighted by Crippen LogP contribution is 2.19. The van der Waals surface area contributed by atoms with E-state index < -0.39 is 5.97 Å². The van der Waals surface area contributed by atoms with E-state index in [4.69, 9.17) is 9.84 Å². The molecule has 0 fully saturated rings. The van der Waals surface area contributed by atoms with Crippen molar-refractivity contribution < 1.29 is 19.4 Å². The van der Waals surface area contributed by atoms with Crippen molar-refractivity contribution in [2.24, 2.45) is 0 Å². The van der Waals surface area contributed by atoms with Crippen molar-refractivity contribution in [3.05, 3.63) is 12.2 Å². The Morgan fingerprint density at radius 3 is 1.12 bits per heavy atom. The summed E-state index contributed by atoms with van der Waals surface area (Å²) >= 11 is 0. The Hall–Kier alpha value is -1.32. The van der Waals surface area contributed by atoms with Gasteiger partial charge in [0, 0.05) is 12.8 Å². The van der Waals surface area contributed by atoms with Crippen molar-refractivity contribution in [1.29, 1.82) is 0 Å². The van der Waals surface area contributed by atoms with Crippen molar-refractivity contribution >= 4 is 11.9 Å². The molecule has 0 saturated carbocycles. The maximum Gasteiger partial charge on any atom is 0.306 e. The molecule has 0 aromatic rings. The first-order chi connectivity index (χ1) is 24.6. The van der Waals surface area contributed by atoms with E-state index in [1.54, 1.807) is 0 Å². The number of hydrogen-bond acceptors (Lipinski definition) is 3. The second kappa shape index (κ2) is 42.1. The fourth-order valence-electron chi connectivity index (χ4n) is 7.13. The molecule has 1 atom stereocenters. The topological polar surface area (TPSA) is 63.6 Å². The first-order valence-corrected chi connectivity index (χ1v) is 22.7. The van der Waals surface area contributed by atoms with Crippen LogP contribution in [0.25, 0.3) is 0 Å². The molecule has 0 aliphatic rings. The van der Waals surface area contributed by atoms with Gasteiger partial charge < -0.3 is 9.84 Å². The van der Waals surface area contributed by atoms with Crippen LogP contribution in [0.15, 0.2) is 12.2 Å². The Kier molecular flexibility index (Phi) is 41.0. The molecule has 4 nitrogen and oxygen atoms in total. The Labute approximate surface area is 313 Å². The summed E-state index contributed by atoms with van der Waals surface area (Å²) in [6.07, 6.45) is 52.5. The second-order valence-corrected chi connectivity index (χ2v) is 15.6. The SMILES string of the molecule is CCCCCCCC/C=C\CCCCCCCCCCCCCC(=O)OC(CCCCCCCCCCCCCCCCC)CCCC(=O)O. The van der Waals surface area contributed by atoms with Gasteiger partial charge in [-0.15, -0.1) is 0 Å². The first-order valence-electron chi connectivity index (χ1n) is 22.7. The van der Waals surface area contributed by atoms with Crippen LogP contribution in [0.1, 0.15) is 264 Å². The van der Waals surface area contributed by atoms with Gasteiger partial charge in [0.1, 0.15) is 6.10 Å². The minimum atomic E-state index is -0.765. The summed E-state index contributed by atoms with van der Waals surface area (Å²) in [6.45, 7) is 4.56. The molecule has 0 saturated heterocycles. The largest absolute Gasteiger partial charge is 0.481 e. The summed E-state index contributed by atoms with van der Waals surface area (Å²) in [7, 11) is 0. The molecule has 0 amide bonds. The van der Waals surface area contributed by atoms with Crippen LogP contribution < -0.4 is 0 Å². The van der Waals surface area contributed by atoms with Gasteiger partial charge >= 0.3 is 11.9 Å². The van der Waals surface area contributed by atoms with Crippen LogP contribution in [-0.2, 0) is 14.3 Å². The standard InChI is InChI=1S/C46H88O4/c1-3-5-7-9-11-13-15-17-19-20-21-22-23-24-26-28-30-32-34-36-38-43-46(49)50-44(41-39-42-45(47)48)40-37-35-33-31-29-27-25-18-16-14-12-10-8-6-4-2/h17,19,44H,3-16,18,20-43H2,1-2H3,(H,47,48)/b19-17-. The van der Waals surface area contributed by atoms with Crippen LogP contribution in [0.2, 0.25) is 0 Å². The Bertz CT molecular complexity index is 717. The lowest BCUT2D eigenvalue weighted by molar-refractivity contribution is -0.150. The van der Waals surface area contributed by atoms with E-state index in [2.05, 4.69) is 26.0 Å². The van der Waals surface area contributed by atoms with Crippen molar-refractivity contribution in [3.8, 4) is 0 Å². The number of unbranched alkanes of at least 4 members (excludes halogenated alkanes) is 31. The Morgan fingerprint density at radius 2 is 0.740 bits per heavy atom. The van der Waals surface area contributed by atoms with Crippen LogP contribution in [0.4, 0.5) is 0 Å². The summed E-state index contributed by atoms with van der Waals surface area (Å²) in [6, 6.07) is 0. The number of hydrogen-bond donors (Lipinski definition) is 1. The predicted octanol–water partition coefficient (Wildman–Crippen LogP) is 15.8. The van der Waals surface area contributed by atoms with Gasteiger partial charge in [0.05, 0.1) is 0 Å². The summed E-state index contributed by atoms with van der Waals surface area (Å²) in [4.78, 5) is 23.6. The van der Waals surface area contributed by atoms with Gasteiger partial charge in [0.15, 0.2) is 0 Å². The third kappa shape index (κ3) is 41.1. The molecule has 0 rings (SSSR count). The number of carbonyl (C=O) groups excluding carboxylic acids is 1. The van der Waals surface area contributed by atoms with E-state index in [1.807, 2.05) is 0 Å². The minimum absolute atomic E-state index is 0.0837. The van der Waals surface area contributed by atoms with Crippen molar-refractivity contribution in [1.82, 2.24) is 0 Å². The molecule has 1 unspecified atom stereocenters. The molecule has 4 heteroatoms. The lowest BCUT2D eigenvalue weighted by Gasteiger charge is -2.18. The normalized spacial score (nSPS) is 12.2. The maximum atomic E-state index is 12.6. The molecule has 1 N–H and O–H groups in total. The fourth-order valence-corrected chi connectivity index (χ4v) is 7.13. The van der Waals surface area contributed by atoms with Crippen LogP contribution >= 0.6 is 0 Å². The average molecular weight is 705 g/mol. The number of esters is 1. The lowest BCUT2D eigenvalue weighted by Crippen LogP contribution is -2.18. The summed E-state index contributed by atoms with van der Waals surface area (Å²) in [5, 5.41) is 9.05. The number of rotatable bonds is 42. The third-order valence-electron chi connectivity index (χ3n) is 10.5. The van der Waals surface area contributed by atoms with E-state index in [0.29, 0.717) is 19.3 Å². The first kappa shape index (κ1) is 48.7. The summed E-state index contributed by atoms with van der Waals surface area (Å²) in [5.74, 6) is -0.848. The fraction of sp³-hybridized carbons (Fsp3) is 0.913. The van der Waals surface area contributed by atoms with Gasteiger partial charge in [-0.2, -0.15) is 0 Å². The number of carbonyl (C=O) groups is 2. The van der Waals surface area contributed by atoms with Gasteiger partial charge in [-0.3, -0.25) is 9.59 Å². The summed E-state index contributed by atoms with van der Waals surface area (Å²) in [5.41, 5.74) is 0. The van der Waals surface area contributed by atoms with Crippen LogP contribution in [-0.4, -0.2) is 23.1 Å². The molecule has 0 aliphatic heterocycles. The molecular weight excluding hydrogens is 617 g/mol. The van der Waals surface area contributed by atoms with E-state index in [9.17, 15) is 9.59 Å². The average Bonchev–Trinajstić information content (AvgIpc) is 3.10. The number of aliphatic carboxylic acids is 1. The van der Waals surface area contributed by atoms with Crippen molar-refractivity contribution in [3.63, 3.8) is 0 Å². The van der Waals surface area contributed by atoms with Crippen LogP contribution in [0.3, 0.4) is 0 Å². The zero-order valence-corrected chi connectivity index (χ0v) is 34.0. The van der Waals surface area contributed by atoms with Gasteiger partial charge in [-0.1, -0.05) is 206 Å². The van der Waals surface area contributed by atoms with Gasteiger partial charge in [-0.25, -0.2) is 0 Å². The van der Waals surface area contributed by atoms with Crippen molar-refractivity contribution in [2.75, 3.05) is 0 Å². The summed E-state index contributed by atoms with van der Waals surface area (Å²) < 4.78 is 5.86. The molecule has 0 bridgehead atoms. The Balaban J connectivity index is 3.70. The molecular formula is C46H88O4. The second-order valence-electron chi connectivity index (χ2n) is 15.6. The van der Waals surface area contributed by atoms with Gasteiger partial charge in [0.2, 0.25) is 0 Å². The van der Waals surface area contributed by atoms with E-state index in [-0.39, 0.29) is 18.5 Å². The molecule has 0 heterocycles. The highest BCUT2D eigenvalue weighted by molar-refractivity contribution is 5.69. The number of ether oxygens (including phenoxy) is 1. The quantitative estimate of drug-likeness (QED) is 0.0390. The lowest BCUT2D eigenvalue weighted by atomic mass is 10.0. The molecule has 0 spiro atoms. The predicted molar refractivity (Wildman–Crippen MR) is 218 cm³/mol. The van der Waals surface area contributed by atoms with Gasteiger partial charge in [-0.05, 0) is 57.8 Å². The third-order valence-corrected chi connectivity index (χ3v) is 10.5. The van der Waals surface area contributed by atoms with Crippen LogP contribution in [0.5, 0.6) is 0 Å². The zero-order chi connectivity index (χ0) is 36.4. The molecule has 296 valence electrons. The van der Waals surface area contributed by atoms with E-state index in [1.165, 1.54) is 199 Å². The smallest absolute Gasteiger partial charge is 0.306 e. The monoisotopic (exact) mass is 705 g/mol. The highest BCUT2D eigenvalue weighted by atomic mass is 16.5. The van der Waals surface area contributed by atoms with E-state index >= 15 is 0 Å². The van der Waals surface area contributed by atoms with Crippen LogP contribution in [0, 0.1) is 0 Å². The molecule has 0 aliphatic carbocycles. The zero-order valence-electron chi connectivity index (χ0n) is 34.0. The molecule has 0 aromatic carbocycles. The maximum absolute atomic E-state index is 12.6. The molecule has 0 aromatic heterocycles. The minimum Gasteiger partial charge on any atom is -0.481 e. The Morgan fingerprint density at radius 1 is 0.420 bits per heavy atom. The van der Waals surface area contributed by atoms with Crippen molar-refractivity contribution in [2.45, 2.75) is 270 Å². The number of carboxylic acid groups (broad SMARTS) is 1. The molecule has 0 radical (unpaired) electrons. The molecule has 50 heavy (non-hydrogen) atoms. The van der Waals surface area contributed by atoms with E-state index in [0.717, 1.165) is 25.7 Å². The number of allylic oxidation sites excluding steroid dienone is 2. The highest BCUT2D eigenvalue weighted by Gasteiger charge is 2.15.